The van der Waals surface area contributed by atoms with Gasteiger partial charge in [-0.05, 0) is 25.0 Å². The van der Waals surface area contributed by atoms with E-state index in [0.29, 0.717) is 19.6 Å². The third kappa shape index (κ3) is 5.55. The van der Waals surface area contributed by atoms with E-state index in [1.807, 2.05) is 31.2 Å². The lowest BCUT2D eigenvalue weighted by atomic mass is 10.2. The van der Waals surface area contributed by atoms with E-state index < -0.39 is 10.0 Å². The summed E-state index contributed by atoms with van der Waals surface area (Å²) >= 11 is 0. The first-order chi connectivity index (χ1) is 8.95. The average molecular weight is 283 g/mol. The second-order valence-electron chi connectivity index (χ2n) is 4.43. The van der Waals surface area contributed by atoms with Gasteiger partial charge in [0.15, 0.2) is 0 Å². The van der Waals surface area contributed by atoms with Crippen LogP contribution in [-0.4, -0.2) is 40.0 Å². The molecule has 0 amide bonds. The van der Waals surface area contributed by atoms with Crippen LogP contribution in [0.25, 0.3) is 6.08 Å². The van der Waals surface area contributed by atoms with E-state index in [9.17, 15) is 8.42 Å². The molecule has 0 saturated carbocycles. The summed E-state index contributed by atoms with van der Waals surface area (Å²) in [6.45, 7) is 3.00. The van der Waals surface area contributed by atoms with Gasteiger partial charge < -0.3 is 4.74 Å². The van der Waals surface area contributed by atoms with E-state index in [1.165, 1.54) is 9.71 Å². The summed E-state index contributed by atoms with van der Waals surface area (Å²) in [7, 11) is -0.175. The van der Waals surface area contributed by atoms with Gasteiger partial charge in [0, 0.05) is 32.7 Å². The van der Waals surface area contributed by atoms with Crippen LogP contribution in [0.3, 0.4) is 0 Å². The molecule has 0 aliphatic rings. The Hall–Kier alpha value is -1.17. The molecule has 106 valence electrons. The predicted molar refractivity (Wildman–Crippen MR) is 78.3 cm³/mol. The van der Waals surface area contributed by atoms with Gasteiger partial charge in [0.1, 0.15) is 0 Å². The standard InChI is InChI=1S/C14H21NO3S/c1-13-5-7-14(8-6-13)9-12-19(16,17)15(2)10-4-11-18-3/h5-9,12H,4,10-11H2,1-3H3/b12-9+. The fourth-order valence-corrected chi connectivity index (χ4v) is 2.43. The highest BCUT2D eigenvalue weighted by Gasteiger charge is 2.13. The Bertz CT molecular complexity index is 506. The fourth-order valence-electron chi connectivity index (χ4n) is 1.50. The minimum absolute atomic E-state index is 0.453. The van der Waals surface area contributed by atoms with Crippen molar-refractivity contribution < 1.29 is 13.2 Å². The van der Waals surface area contributed by atoms with Crippen molar-refractivity contribution in [2.75, 3.05) is 27.3 Å². The summed E-state index contributed by atoms with van der Waals surface area (Å²) in [5.74, 6) is 0. The van der Waals surface area contributed by atoms with Gasteiger partial charge in [-0.2, -0.15) is 0 Å². The third-order valence-electron chi connectivity index (χ3n) is 2.77. The molecule has 0 saturated heterocycles. The summed E-state index contributed by atoms with van der Waals surface area (Å²) < 4.78 is 30.2. The second-order valence-corrected chi connectivity index (χ2v) is 6.35. The Morgan fingerprint density at radius 3 is 2.47 bits per heavy atom. The van der Waals surface area contributed by atoms with Gasteiger partial charge in [0.2, 0.25) is 10.0 Å². The maximum atomic E-state index is 12.0. The molecule has 0 aliphatic carbocycles. The lowest BCUT2D eigenvalue weighted by Gasteiger charge is -2.13. The molecule has 4 nitrogen and oxygen atoms in total. The van der Waals surface area contributed by atoms with Crippen molar-refractivity contribution in [2.45, 2.75) is 13.3 Å². The van der Waals surface area contributed by atoms with Crippen LogP contribution >= 0.6 is 0 Å². The number of sulfonamides is 1. The highest BCUT2D eigenvalue weighted by molar-refractivity contribution is 7.92. The molecule has 0 atom stereocenters. The monoisotopic (exact) mass is 283 g/mol. The number of hydrogen-bond donors (Lipinski definition) is 0. The molecule has 1 rings (SSSR count). The minimum atomic E-state index is -3.35. The van der Waals surface area contributed by atoms with Gasteiger partial charge in [0.25, 0.3) is 0 Å². The zero-order valence-electron chi connectivity index (χ0n) is 11.7. The number of methoxy groups -OCH3 is 1. The summed E-state index contributed by atoms with van der Waals surface area (Å²) in [5.41, 5.74) is 2.02. The molecule has 0 unspecified atom stereocenters. The van der Waals surface area contributed by atoms with E-state index in [0.717, 1.165) is 11.1 Å². The number of benzene rings is 1. The van der Waals surface area contributed by atoms with Gasteiger partial charge >= 0.3 is 0 Å². The molecule has 5 heteroatoms. The molecule has 1 aromatic carbocycles. The zero-order valence-corrected chi connectivity index (χ0v) is 12.5. The summed E-state index contributed by atoms with van der Waals surface area (Å²) in [5, 5.41) is 1.24. The van der Waals surface area contributed by atoms with Crippen LogP contribution in [0.2, 0.25) is 0 Å². The Balaban J connectivity index is 2.65. The van der Waals surface area contributed by atoms with Gasteiger partial charge in [-0.3, -0.25) is 0 Å². The lowest BCUT2D eigenvalue weighted by Crippen LogP contribution is -2.26. The number of nitrogens with zero attached hydrogens (tertiary/aromatic N) is 1. The second kappa shape index (κ2) is 7.43. The van der Waals surface area contributed by atoms with Crippen LogP contribution in [0.5, 0.6) is 0 Å². The smallest absolute Gasteiger partial charge is 0.235 e. The van der Waals surface area contributed by atoms with Gasteiger partial charge in [-0.15, -0.1) is 0 Å². The Morgan fingerprint density at radius 2 is 1.89 bits per heavy atom. The molecule has 0 aliphatic heterocycles. The van der Waals surface area contributed by atoms with Crippen molar-refractivity contribution in [3.05, 3.63) is 40.8 Å². The van der Waals surface area contributed by atoms with Gasteiger partial charge in [-0.1, -0.05) is 29.8 Å². The van der Waals surface area contributed by atoms with Crippen molar-refractivity contribution in [2.24, 2.45) is 0 Å². The molecule has 0 spiro atoms. The molecule has 0 N–H and O–H groups in total. The number of hydrogen-bond acceptors (Lipinski definition) is 3. The number of ether oxygens (including phenoxy) is 1. The molecular formula is C14H21NO3S. The highest BCUT2D eigenvalue weighted by atomic mass is 32.2. The highest BCUT2D eigenvalue weighted by Crippen LogP contribution is 2.08. The molecule has 19 heavy (non-hydrogen) atoms. The van der Waals surface area contributed by atoms with Crippen LogP contribution in [0.4, 0.5) is 0 Å². The molecule has 0 fully saturated rings. The van der Waals surface area contributed by atoms with Crippen molar-refractivity contribution in [1.82, 2.24) is 4.31 Å². The summed E-state index contributed by atoms with van der Waals surface area (Å²) in [6.07, 6.45) is 2.30. The average Bonchev–Trinajstić information content (AvgIpc) is 2.38. The Kier molecular flexibility index (Phi) is 6.21. The topological polar surface area (TPSA) is 46.6 Å². The molecule has 0 bridgehead atoms. The number of aryl methyl sites for hydroxylation is 1. The first kappa shape index (κ1) is 15.9. The van der Waals surface area contributed by atoms with Crippen molar-refractivity contribution in [1.29, 1.82) is 0 Å². The Morgan fingerprint density at radius 1 is 1.26 bits per heavy atom. The van der Waals surface area contributed by atoms with Gasteiger partial charge in [-0.25, -0.2) is 12.7 Å². The first-order valence-corrected chi connectivity index (χ1v) is 7.66. The van der Waals surface area contributed by atoms with Gasteiger partial charge in [0.05, 0.1) is 0 Å². The summed E-state index contributed by atoms with van der Waals surface area (Å²) in [4.78, 5) is 0. The van der Waals surface area contributed by atoms with Crippen LogP contribution in [-0.2, 0) is 14.8 Å². The molecule has 0 heterocycles. The zero-order chi connectivity index (χ0) is 14.3. The normalized spacial score (nSPS) is 12.4. The third-order valence-corrected chi connectivity index (χ3v) is 4.30. The first-order valence-electron chi connectivity index (χ1n) is 6.16. The van der Waals surface area contributed by atoms with Crippen LogP contribution in [0.15, 0.2) is 29.7 Å². The Labute approximate surface area is 115 Å². The summed E-state index contributed by atoms with van der Waals surface area (Å²) in [6, 6.07) is 7.70. The molecule has 1 aromatic rings. The minimum Gasteiger partial charge on any atom is -0.385 e. The molecule has 0 aromatic heterocycles. The van der Waals surface area contributed by atoms with Crippen molar-refractivity contribution in [3.63, 3.8) is 0 Å². The SMILES string of the molecule is COCCCN(C)S(=O)(=O)/C=C/c1ccc(C)cc1. The maximum absolute atomic E-state index is 12.0. The quantitative estimate of drug-likeness (QED) is 0.721. The maximum Gasteiger partial charge on any atom is 0.235 e. The van der Waals surface area contributed by atoms with Crippen LogP contribution < -0.4 is 0 Å². The van der Waals surface area contributed by atoms with Crippen molar-refractivity contribution >= 4 is 16.1 Å². The van der Waals surface area contributed by atoms with Crippen molar-refractivity contribution in [3.8, 4) is 0 Å². The van der Waals surface area contributed by atoms with Crippen LogP contribution in [0, 0.1) is 6.92 Å². The van der Waals surface area contributed by atoms with E-state index in [4.69, 9.17) is 4.74 Å². The van der Waals surface area contributed by atoms with E-state index in [2.05, 4.69) is 0 Å². The van der Waals surface area contributed by atoms with Crippen LogP contribution in [0.1, 0.15) is 17.5 Å². The number of rotatable bonds is 7. The lowest BCUT2D eigenvalue weighted by molar-refractivity contribution is 0.189. The fraction of sp³-hybridized carbons (Fsp3) is 0.429. The molecule has 0 radical (unpaired) electrons. The van der Waals surface area contributed by atoms with E-state index in [1.54, 1.807) is 20.2 Å². The predicted octanol–water partition coefficient (Wildman–Crippen LogP) is 2.26. The van der Waals surface area contributed by atoms with E-state index in [-0.39, 0.29) is 0 Å². The largest absolute Gasteiger partial charge is 0.385 e. The van der Waals surface area contributed by atoms with E-state index >= 15 is 0 Å². The molecular weight excluding hydrogens is 262 g/mol.